The minimum Gasteiger partial charge on any atom is -0.483 e. The predicted octanol–water partition coefficient (Wildman–Crippen LogP) is 6.29. The van der Waals surface area contributed by atoms with E-state index in [1.165, 1.54) is 28.0 Å². The molecule has 0 saturated heterocycles. The molecule has 0 bridgehead atoms. The van der Waals surface area contributed by atoms with Gasteiger partial charge in [0.2, 0.25) is 5.91 Å². The molecule has 0 aliphatic heterocycles. The zero-order valence-corrected chi connectivity index (χ0v) is 24.6. The van der Waals surface area contributed by atoms with Crippen molar-refractivity contribution in [1.82, 2.24) is 14.8 Å². The standard InChI is InChI=1S/C26H31BrN4O4S2/c1-5-31-23(16(4)35-18-10-8-17(27)9-11-18)29-30-26(31)36-14-21(32)28-24-22(25(33)34-6-2)19-12-7-15(3)13-20(19)37-24/h8-11,15-16H,5-7,12-14H2,1-4H3,(H,28,32). The summed E-state index contributed by atoms with van der Waals surface area (Å²) in [6.45, 7) is 8.87. The summed E-state index contributed by atoms with van der Waals surface area (Å²) in [5.41, 5.74) is 1.55. The molecule has 3 aromatic rings. The molecule has 2 heterocycles. The van der Waals surface area contributed by atoms with Crippen molar-refractivity contribution >= 4 is 55.9 Å². The number of anilines is 1. The highest BCUT2D eigenvalue weighted by Crippen LogP contribution is 2.40. The zero-order valence-electron chi connectivity index (χ0n) is 21.4. The van der Waals surface area contributed by atoms with E-state index in [0.29, 0.717) is 40.6 Å². The molecule has 2 atom stereocenters. The number of aromatic nitrogens is 3. The van der Waals surface area contributed by atoms with Crippen molar-refractivity contribution in [2.75, 3.05) is 17.7 Å². The van der Waals surface area contributed by atoms with Crippen molar-refractivity contribution in [1.29, 1.82) is 0 Å². The second-order valence-corrected chi connectivity index (χ2v) is 11.9. The maximum Gasteiger partial charge on any atom is 0.341 e. The minimum absolute atomic E-state index is 0.140. The predicted molar refractivity (Wildman–Crippen MR) is 150 cm³/mol. The molecule has 1 aliphatic carbocycles. The van der Waals surface area contributed by atoms with Crippen molar-refractivity contribution in [3.05, 3.63) is 50.6 Å². The van der Waals surface area contributed by atoms with Crippen molar-refractivity contribution in [2.24, 2.45) is 5.92 Å². The van der Waals surface area contributed by atoms with Crippen LogP contribution in [0.2, 0.25) is 0 Å². The van der Waals surface area contributed by atoms with Crippen LogP contribution in [0.25, 0.3) is 0 Å². The monoisotopic (exact) mass is 606 g/mol. The van der Waals surface area contributed by atoms with Gasteiger partial charge < -0.3 is 19.4 Å². The number of hydrogen-bond donors (Lipinski definition) is 1. The van der Waals surface area contributed by atoms with Crippen LogP contribution in [0.5, 0.6) is 5.75 Å². The first-order valence-electron chi connectivity index (χ1n) is 12.4. The molecule has 1 amide bonds. The molecule has 1 N–H and O–H groups in total. The lowest BCUT2D eigenvalue weighted by Crippen LogP contribution is -2.18. The Kier molecular flexibility index (Phi) is 9.31. The first kappa shape index (κ1) is 27.7. The number of nitrogens with zero attached hydrogens (tertiary/aromatic N) is 3. The first-order chi connectivity index (χ1) is 17.8. The third-order valence-corrected chi connectivity index (χ3v) is 8.79. The number of hydrogen-bond acceptors (Lipinski definition) is 8. The molecule has 2 aromatic heterocycles. The van der Waals surface area contributed by atoms with Gasteiger partial charge in [-0.3, -0.25) is 4.79 Å². The lowest BCUT2D eigenvalue weighted by molar-refractivity contribution is -0.113. The summed E-state index contributed by atoms with van der Waals surface area (Å²) in [4.78, 5) is 26.8. The highest BCUT2D eigenvalue weighted by Gasteiger charge is 2.29. The number of halogens is 1. The first-order valence-corrected chi connectivity index (χ1v) is 15.0. The molecule has 0 fully saturated rings. The van der Waals surface area contributed by atoms with Gasteiger partial charge in [-0.1, -0.05) is 34.6 Å². The number of ether oxygens (including phenoxy) is 2. The molecule has 0 saturated carbocycles. The van der Waals surface area contributed by atoms with E-state index in [2.05, 4.69) is 38.4 Å². The zero-order chi connectivity index (χ0) is 26.5. The van der Waals surface area contributed by atoms with E-state index in [1.807, 2.05) is 42.7 Å². The number of thioether (sulfide) groups is 1. The number of fused-ring (bicyclic) bond motifs is 1. The fourth-order valence-corrected chi connectivity index (χ4v) is 6.81. The Balaban J connectivity index is 1.44. The summed E-state index contributed by atoms with van der Waals surface area (Å²) < 4.78 is 14.3. The summed E-state index contributed by atoms with van der Waals surface area (Å²) >= 11 is 6.23. The van der Waals surface area contributed by atoms with Gasteiger partial charge in [-0.15, -0.1) is 21.5 Å². The van der Waals surface area contributed by atoms with E-state index in [9.17, 15) is 9.59 Å². The van der Waals surface area contributed by atoms with Crippen molar-refractivity contribution in [3.8, 4) is 5.75 Å². The van der Waals surface area contributed by atoms with Crippen molar-refractivity contribution < 1.29 is 19.1 Å². The summed E-state index contributed by atoms with van der Waals surface area (Å²) in [6, 6.07) is 7.62. The minimum atomic E-state index is -0.368. The molecule has 11 heteroatoms. The van der Waals surface area contributed by atoms with Gasteiger partial charge in [0, 0.05) is 15.9 Å². The van der Waals surface area contributed by atoms with E-state index in [1.54, 1.807) is 6.92 Å². The van der Waals surface area contributed by atoms with Gasteiger partial charge in [-0.25, -0.2) is 4.79 Å². The van der Waals surface area contributed by atoms with Gasteiger partial charge in [0.15, 0.2) is 17.1 Å². The number of carbonyl (C=O) groups is 2. The molecule has 0 spiro atoms. The normalized spacial score (nSPS) is 15.6. The van der Waals surface area contributed by atoms with Crippen LogP contribution >= 0.6 is 39.0 Å². The fourth-order valence-electron chi connectivity index (χ4n) is 4.33. The van der Waals surface area contributed by atoms with Crippen LogP contribution in [-0.4, -0.2) is 39.0 Å². The van der Waals surface area contributed by atoms with Gasteiger partial charge >= 0.3 is 5.97 Å². The van der Waals surface area contributed by atoms with Crippen LogP contribution in [0.4, 0.5) is 5.00 Å². The lowest BCUT2D eigenvalue weighted by Gasteiger charge is -2.18. The number of benzene rings is 1. The highest BCUT2D eigenvalue weighted by molar-refractivity contribution is 9.10. The Morgan fingerprint density at radius 3 is 2.73 bits per heavy atom. The van der Waals surface area contributed by atoms with Gasteiger partial charge in [0.1, 0.15) is 10.8 Å². The molecule has 198 valence electrons. The molecule has 4 rings (SSSR count). The van der Waals surface area contributed by atoms with Gasteiger partial charge in [-0.05, 0) is 75.8 Å². The average Bonchev–Trinajstić information content (AvgIpc) is 3.44. The van der Waals surface area contributed by atoms with Gasteiger partial charge in [0.05, 0.1) is 17.9 Å². The second kappa shape index (κ2) is 12.4. The maximum atomic E-state index is 12.9. The Morgan fingerprint density at radius 1 is 1.27 bits per heavy atom. The largest absolute Gasteiger partial charge is 0.483 e. The maximum absolute atomic E-state index is 12.9. The Labute approximate surface area is 233 Å². The fraction of sp³-hybridized carbons (Fsp3) is 0.462. The average molecular weight is 608 g/mol. The van der Waals surface area contributed by atoms with E-state index in [4.69, 9.17) is 9.47 Å². The Bertz CT molecular complexity index is 1260. The van der Waals surface area contributed by atoms with Gasteiger partial charge in [-0.2, -0.15) is 0 Å². The highest BCUT2D eigenvalue weighted by atomic mass is 79.9. The Hall–Kier alpha value is -2.37. The van der Waals surface area contributed by atoms with Crippen LogP contribution in [0, 0.1) is 5.92 Å². The van der Waals surface area contributed by atoms with E-state index in [0.717, 1.165) is 35.0 Å². The molecule has 0 radical (unpaired) electrons. The van der Waals surface area contributed by atoms with E-state index >= 15 is 0 Å². The third-order valence-electron chi connectivity index (χ3n) is 6.13. The van der Waals surface area contributed by atoms with E-state index < -0.39 is 0 Å². The molecular formula is C26H31BrN4O4S2. The molecule has 37 heavy (non-hydrogen) atoms. The number of amides is 1. The number of esters is 1. The second-order valence-electron chi connectivity index (χ2n) is 8.91. The lowest BCUT2D eigenvalue weighted by atomic mass is 9.88. The summed E-state index contributed by atoms with van der Waals surface area (Å²) in [6.07, 6.45) is 2.45. The topological polar surface area (TPSA) is 95.3 Å². The molecular weight excluding hydrogens is 576 g/mol. The van der Waals surface area contributed by atoms with Crippen LogP contribution in [0.3, 0.4) is 0 Å². The molecule has 1 aliphatic rings. The third kappa shape index (κ3) is 6.56. The van der Waals surface area contributed by atoms with Crippen LogP contribution in [0.15, 0.2) is 33.9 Å². The van der Waals surface area contributed by atoms with Crippen molar-refractivity contribution in [3.63, 3.8) is 0 Å². The summed E-state index contributed by atoms with van der Waals surface area (Å²) in [7, 11) is 0. The number of carbonyl (C=O) groups excluding carboxylic acids is 2. The van der Waals surface area contributed by atoms with Crippen LogP contribution in [-0.2, 0) is 28.9 Å². The summed E-state index contributed by atoms with van der Waals surface area (Å²) in [5, 5.41) is 12.8. The number of rotatable bonds is 10. The number of nitrogens with one attached hydrogen (secondary N) is 1. The van der Waals surface area contributed by atoms with E-state index in [-0.39, 0.29) is 23.7 Å². The molecule has 2 unspecified atom stereocenters. The molecule has 1 aromatic carbocycles. The van der Waals surface area contributed by atoms with Gasteiger partial charge in [0.25, 0.3) is 0 Å². The van der Waals surface area contributed by atoms with Crippen LogP contribution < -0.4 is 10.1 Å². The molecule has 8 nitrogen and oxygen atoms in total. The quantitative estimate of drug-likeness (QED) is 0.214. The van der Waals surface area contributed by atoms with Crippen molar-refractivity contribution in [2.45, 2.75) is 64.8 Å². The SMILES string of the molecule is CCOC(=O)c1c(NC(=O)CSc2nnc(C(C)Oc3ccc(Br)cc3)n2CC)sc2c1CCC(C)C2. The Morgan fingerprint density at radius 2 is 2.03 bits per heavy atom. The van der Waals surface area contributed by atoms with Crippen LogP contribution in [0.1, 0.15) is 66.8 Å². The summed E-state index contributed by atoms with van der Waals surface area (Å²) in [5.74, 6) is 1.56. The smallest absolute Gasteiger partial charge is 0.341 e. The number of thiophene rings is 1.